The third-order valence-corrected chi connectivity index (χ3v) is 6.24. The van der Waals surface area contributed by atoms with Crippen molar-refractivity contribution in [3.05, 3.63) is 48.5 Å². The van der Waals surface area contributed by atoms with Crippen LogP contribution in [0.5, 0.6) is 0 Å². The smallest absolute Gasteiger partial charge is 0.0606 e. The van der Waals surface area contributed by atoms with Gasteiger partial charge in [0.25, 0.3) is 0 Å². The van der Waals surface area contributed by atoms with Gasteiger partial charge in [0, 0.05) is 41.4 Å². The molecule has 4 heteroatoms. The van der Waals surface area contributed by atoms with Crippen LogP contribution in [0.2, 0.25) is 0 Å². The summed E-state index contributed by atoms with van der Waals surface area (Å²) in [6.45, 7) is 16.9. The zero-order valence-corrected chi connectivity index (χ0v) is 19.1. The SMILES string of the molecule is C.CC(C)(C)N1CCNc2ccccc21.CC(C)(C)N1CCSc2ccccc21. The number of para-hydroxylation sites is 3. The van der Waals surface area contributed by atoms with Gasteiger partial charge in [-0.3, -0.25) is 0 Å². The first-order valence-corrected chi connectivity index (χ1v) is 11.3. The van der Waals surface area contributed by atoms with E-state index in [-0.39, 0.29) is 18.5 Å². The lowest BCUT2D eigenvalue weighted by molar-refractivity contribution is 0.505. The van der Waals surface area contributed by atoms with Gasteiger partial charge in [-0.25, -0.2) is 0 Å². The van der Waals surface area contributed by atoms with Gasteiger partial charge in [0.05, 0.1) is 17.1 Å². The molecule has 0 aliphatic carbocycles. The van der Waals surface area contributed by atoms with Gasteiger partial charge in [0.15, 0.2) is 0 Å². The topological polar surface area (TPSA) is 18.5 Å². The van der Waals surface area contributed by atoms with Gasteiger partial charge < -0.3 is 15.1 Å². The van der Waals surface area contributed by atoms with Gasteiger partial charge in [-0.2, -0.15) is 0 Å². The molecule has 2 heterocycles. The van der Waals surface area contributed by atoms with Crippen molar-refractivity contribution in [2.24, 2.45) is 0 Å². The Morgan fingerprint density at radius 3 is 1.97 bits per heavy atom. The highest BCUT2D eigenvalue weighted by Gasteiger charge is 2.26. The molecule has 2 aliphatic heterocycles. The quantitative estimate of drug-likeness (QED) is 0.514. The molecular formula is C25H39N3S. The molecule has 2 aromatic rings. The maximum absolute atomic E-state index is 3.42. The van der Waals surface area contributed by atoms with Gasteiger partial charge in [-0.05, 0) is 65.8 Å². The van der Waals surface area contributed by atoms with E-state index in [2.05, 4.69) is 105 Å². The highest BCUT2D eigenvalue weighted by molar-refractivity contribution is 7.99. The number of nitrogens with one attached hydrogen (secondary N) is 1. The van der Waals surface area contributed by atoms with E-state index < -0.39 is 0 Å². The summed E-state index contributed by atoms with van der Waals surface area (Å²) in [5.74, 6) is 1.20. The number of rotatable bonds is 0. The third kappa shape index (κ3) is 5.63. The highest BCUT2D eigenvalue weighted by Crippen LogP contribution is 2.37. The molecular weight excluding hydrogens is 374 g/mol. The molecule has 0 atom stereocenters. The summed E-state index contributed by atoms with van der Waals surface area (Å²) in [5.41, 5.74) is 4.42. The van der Waals surface area contributed by atoms with Crippen molar-refractivity contribution in [3.63, 3.8) is 0 Å². The average molecular weight is 414 g/mol. The lowest BCUT2D eigenvalue weighted by Crippen LogP contribution is -2.46. The van der Waals surface area contributed by atoms with Crippen LogP contribution in [0.4, 0.5) is 17.1 Å². The van der Waals surface area contributed by atoms with Crippen molar-refractivity contribution in [3.8, 4) is 0 Å². The van der Waals surface area contributed by atoms with Crippen molar-refractivity contribution < 1.29 is 0 Å². The Morgan fingerprint density at radius 2 is 1.31 bits per heavy atom. The summed E-state index contributed by atoms with van der Waals surface area (Å²) in [4.78, 5) is 6.38. The Bertz CT molecular complexity index is 722. The van der Waals surface area contributed by atoms with Gasteiger partial charge in [-0.1, -0.05) is 31.7 Å². The van der Waals surface area contributed by atoms with E-state index in [1.54, 1.807) is 0 Å². The van der Waals surface area contributed by atoms with Crippen molar-refractivity contribution in [1.29, 1.82) is 0 Å². The van der Waals surface area contributed by atoms with E-state index in [1.807, 2.05) is 11.8 Å². The summed E-state index contributed by atoms with van der Waals surface area (Å²) in [6, 6.07) is 17.2. The average Bonchev–Trinajstić information content (AvgIpc) is 2.66. The predicted molar refractivity (Wildman–Crippen MR) is 133 cm³/mol. The zero-order chi connectivity index (χ0) is 20.4. The van der Waals surface area contributed by atoms with Gasteiger partial charge in [0.2, 0.25) is 0 Å². The predicted octanol–water partition coefficient (Wildman–Crippen LogP) is 6.75. The van der Waals surface area contributed by atoms with Crippen LogP contribution in [0.25, 0.3) is 0 Å². The molecule has 1 N–H and O–H groups in total. The highest BCUT2D eigenvalue weighted by atomic mass is 32.2. The van der Waals surface area contributed by atoms with Crippen molar-refractivity contribution in [1.82, 2.24) is 0 Å². The van der Waals surface area contributed by atoms with E-state index in [9.17, 15) is 0 Å². The monoisotopic (exact) mass is 413 g/mol. The maximum Gasteiger partial charge on any atom is 0.0606 e. The Labute approximate surface area is 182 Å². The zero-order valence-electron chi connectivity index (χ0n) is 18.2. The van der Waals surface area contributed by atoms with Gasteiger partial charge in [-0.15, -0.1) is 11.8 Å². The number of anilines is 3. The molecule has 29 heavy (non-hydrogen) atoms. The van der Waals surface area contributed by atoms with E-state index in [0.29, 0.717) is 0 Å². The fourth-order valence-electron chi connectivity index (χ4n) is 3.84. The Morgan fingerprint density at radius 1 is 0.759 bits per heavy atom. The molecule has 0 unspecified atom stereocenters. The Hall–Kier alpha value is -1.81. The molecule has 4 rings (SSSR count). The van der Waals surface area contributed by atoms with Crippen LogP contribution < -0.4 is 15.1 Å². The molecule has 0 saturated carbocycles. The third-order valence-electron chi connectivity index (χ3n) is 5.19. The lowest BCUT2D eigenvalue weighted by Gasteiger charge is -2.41. The first-order chi connectivity index (χ1) is 13.2. The van der Waals surface area contributed by atoms with E-state index in [0.717, 1.165) is 19.6 Å². The molecule has 0 bridgehead atoms. The minimum absolute atomic E-state index is 0. The van der Waals surface area contributed by atoms with Crippen LogP contribution in [-0.4, -0.2) is 36.5 Å². The number of hydrogen-bond donors (Lipinski definition) is 1. The standard InChI is InChI=1S/C12H18N2.C12H17NS.CH4/c1-12(2,3)14-9-8-13-10-6-4-5-7-11(10)14;1-12(2,3)13-8-9-14-11-7-5-4-6-10(11)13;/h4-7,13H,8-9H2,1-3H3;4-7H,8-9H2,1-3H3;1H4. The van der Waals surface area contributed by atoms with Crippen LogP contribution in [0.3, 0.4) is 0 Å². The van der Waals surface area contributed by atoms with Crippen LogP contribution >= 0.6 is 11.8 Å². The number of fused-ring (bicyclic) bond motifs is 2. The summed E-state index contributed by atoms with van der Waals surface area (Å²) >= 11 is 1.97. The van der Waals surface area contributed by atoms with E-state index >= 15 is 0 Å². The molecule has 0 amide bonds. The van der Waals surface area contributed by atoms with Crippen LogP contribution in [0.1, 0.15) is 49.0 Å². The second kappa shape index (κ2) is 9.34. The van der Waals surface area contributed by atoms with E-state index in [4.69, 9.17) is 0 Å². The van der Waals surface area contributed by atoms with Crippen molar-refractivity contribution in [2.45, 2.75) is 64.9 Å². The number of thioether (sulfide) groups is 1. The van der Waals surface area contributed by atoms with Gasteiger partial charge in [0.1, 0.15) is 0 Å². The van der Waals surface area contributed by atoms with Crippen molar-refractivity contribution in [2.75, 3.05) is 40.5 Å². The minimum Gasteiger partial charge on any atom is -0.382 e. The molecule has 160 valence electrons. The summed E-state index contributed by atoms with van der Waals surface area (Å²) in [6.07, 6.45) is 0. The molecule has 3 nitrogen and oxygen atoms in total. The summed E-state index contributed by atoms with van der Waals surface area (Å²) < 4.78 is 0. The van der Waals surface area contributed by atoms with Crippen LogP contribution in [0, 0.1) is 0 Å². The summed E-state index contributed by atoms with van der Waals surface area (Å²) in [5, 5.41) is 3.42. The number of nitrogens with zero attached hydrogens (tertiary/aromatic N) is 2. The maximum atomic E-state index is 3.42. The second-order valence-corrected chi connectivity index (χ2v) is 10.5. The molecule has 2 aliphatic rings. The summed E-state index contributed by atoms with van der Waals surface area (Å²) in [7, 11) is 0. The molecule has 0 aromatic heterocycles. The fraction of sp³-hybridized carbons (Fsp3) is 0.520. The molecule has 0 saturated heterocycles. The minimum atomic E-state index is 0. The van der Waals surface area contributed by atoms with Gasteiger partial charge >= 0.3 is 0 Å². The van der Waals surface area contributed by atoms with Crippen LogP contribution in [0.15, 0.2) is 53.4 Å². The normalized spacial score (nSPS) is 15.8. The first kappa shape index (κ1) is 23.5. The number of hydrogen-bond acceptors (Lipinski definition) is 4. The number of benzene rings is 2. The van der Waals surface area contributed by atoms with E-state index in [1.165, 1.54) is 27.7 Å². The Balaban J connectivity index is 0.000000200. The van der Waals surface area contributed by atoms with Crippen LogP contribution in [-0.2, 0) is 0 Å². The first-order valence-electron chi connectivity index (χ1n) is 10.3. The second-order valence-electron chi connectivity index (χ2n) is 9.41. The molecule has 0 spiro atoms. The van der Waals surface area contributed by atoms with Crippen molar-refractivity contribution >= 4 is 28.8 Å². The molecule has 0 radical (unpaired) electrons. The lowest BCUT2D eigenvalue weighted by atomic mass is 10.0. The largest absolute Gasteiger partial charge is 0.382 e. The Kier molecular flexibility index (Phi) is 7.56. The fourth-order valence-corrected chi connectivity index (χ4v) is 4.84. The molecule has 2 aromatic carbocycles. The molecule has 0 fully saturated rings.